The van der Waals surface area contributed by atoms with E-state index >= 15 is 0 Å². The third-order valence-corrected chi connectivity index (χ3v) is 2.67. The zero-order valence-corrected chi connectivity index (χ0v) is 9.91. The highest BCUT2D eigenvalue weighted by Gasteiger charge is 2.05. The Bertz CT molecular complexity index is 454. The zero-order chi connectivity index (χ0) is 11.4. The summed E-state index contributed by atoms with van der Waals surface area (Å²) in [5.74, 6) is 0.564. The molecule has 1 N–H and O–H groups in total. The minimum Gasteiger partial charge on any atom is -0.416 e. The molecule has 0 spiro atoms. The summed E-state index contributed by atoms with van der Waals surface area (Å²) in [4.78, 5) is 4.30. The van der Waals surface area contributed by atoms with Gasteiger partial charge in [-0.25, -0.2) is 4.98 Å². The van der Waals surface area contributed by atoms with Crippen molar-refractivity contribution in [3.05, 3.63) is 29.8 Å². The normalized spacial score (nSPS) is 10.6. The first-order valence-corrected chi connectivity index (χ1v) is 5.67. The molecule has 16 heavy (non-hydrogen) atoms. The number of aryl methyl sites for hydroxylation is 1. The minimum atomic E-state index is 0.520. The molecule has 0 aliphatic rings. The number of rotatable bonds is 4. The molecule has 0 radical (unpaired) electrons. The van der Waals surface area contributed by atoms with E-state index < -0.39 is 0 Å². The highest BCUT2D eigenvalue weighted by atomic mass is 32.2. The fourth-order valence-electron chi connectivity index (χ4n) is 1.19. The van der Waals surface area contributed by atoms with Gasteiger partial charge in [0.15, 0.2) is 0 Å². The highest BCUT2D eigenvalue weighted by Crippen LogP contribution is 2.24. The molecule has 0 saturated carbocycles. The van der Waals surface area contributed by atoms with Crippen molar-refractivity contribution in [2.24, 2.45) is 0 Å². The van der Waals surface area contributed by atoms with Crippen molar-refractivity contribution in [2.45, 2.75) is 23.7 Å². The second-order valence-corrected chi connectivity index (χ2v) is 4.20. The van der Waals surface area contributed by atoms with Crippen molar-refractivity contribution in [2.75, 3.05) is 7.05 Å². The summed E-state index contributed by atoms with van der Waals surface area (Å²) in [5, 5.41) is 12.1. The molecule has 6 heteroatoms. The Morgan fingerprint density at radius 3 is 2.81 bits per heavy atom. The molecule has 0 aromatic carbocycles. The number of hydrogen-bond donors (Lipinski definition) is 1. The van der Waals surface area contributed by atoms with Gasteiger partial charge < -0.3 is 9.73 Å². The van der Waals surface area contributed by atoms with Gasteiger partial charge >= 0.3 is 0 Å². The van der Waals surface area contributed by atoms with E-state index in [1.807, 2.05) is 25.4 Å². The van der Waals surface area contributed by atoms with Crippen LogP contribution in [0.2, 0.25) is 0 Å². The average Bonchev–Trinajstić information content (AvgIpc) is 2.67. The van der Waals surface area contributed by atoms with Gasteiger partial charge in [-0.3, -0.25) is 0 Å². The van der Waals surface area contributed by atoms with E-state index in [0.717, 1.165) is 17.1 Å². The fourth-order valence-corrected chi connectivity index (χ4v) is 1.85. The third kappa shape index (κ3) is 2.80. The first-order chi connectivity index (χ1) is 7.78. The van der Waals surface area contributed by atoms with Crippen molar-refractivity contribution < 1.29 is 4.42 Å². The molecule has 0 fully saturated rings. The molecule has 0 atom stereocenters. The van der Waals surface area contributed by atoms with Crippen LogP contribution < -0.4 is 5.32 Å². The molecule has 0 aliphatic carbocycles. The Kier molecular flexibility index (Phi) is 3.53. The summed E-state index contributed by atoms with van der Waals surface area (Å²) in [5.41, 5.74) is 1.15. The van der Waals surface area contributed by atoms with Crippen LogP contribution in [-0.4, -0.2) is 22.2 Å². The summed E-state index contributed by atoms with van der Waals surface area (Å²) in [6.45, 7) is 2.58. The van der Waals surface area contributed by atoms with Crippen molar-refractivity contribution in [1.82, 2.24) is 20.5 Å². The van der Waals surface area contributed by atoms with Crippen LogP contribution in [0.25, 0.3) is 0 Å². The van der Waals surface area contributed by atoms with Gasteiger partial charge in [0.05, 0.1) is 0 Å². The van der Waals surface area contributed by atoms with E-state index in [0.29, 0.717) is 11.1 Å². The maximum Gasteiger partial charge on any atom is 0.282 e. The molecule has 84 valence electrons. The molecule has 2 heterocycles. The van der Waals surface area contributed by atoms with Crippen molar-refractivity contribution >= 4 is 11.8 Å². The van der Waals surface area contributed by atoms with Gasteiger partial charge in [0.2, 0.25) is 5.89 Å². The summed E-state index contributed by atoms with van der Waals surface area (Å²) >= 11 is 1.36. The van der Waals surface area contributed by atoms with Crippen molar-refractivity contribution in [3.8, 4) is 0 Å². The molecule has 2 rings (SSSR count). The van der Waals surface area contributed by atoms with Gasteiger partial charge in [-0.15, -0.1) is 10.2 Å². The van der Waals surface area contributed by atoms with Crippen LogP contribution in [0.3, 0.4) is 0 Å². The second kappa shape index (κ2) is 5.09. The Morgan fingerprint density at radius 2 is 2.25 bits per heavy atom. The molecule has 5 nitrogen and oxygen atoms in total. The molecule has 0 bridgehead atoms. The van der Waals surface area contributed by atoms with Crippen LogP contribution in [0, 0.1) is 6.92 Å². The summed E-state index contributed by atoms with van der Waals surface area (Å²) < 4.78 is 5.25. The molecule has 2 aromatic rings. The zero-order valence-electron chi connectivity index (χ0n) is 9.10. The summed E-state index contributed by atoms with van der Waals surface area (Å²) in [7, 11) is 1.91. The standard InChI is InChI=1S/C10H12N4OS/c1-7-13-14-10(15-7)16-9-4-3-8(5-11-2)6-12-9/h3-4,6,11H,5H2,1-2H3. The molecule has 0 unspecified atom stereocenters. The topological polar surface area (TPSA) is 63.8 Å². The maximum absolute atomic E-state index is 5.25. The van der Waals surface area contributed by atoms with Crippen molar-refractivity contribution in [1.29, 1.82) is 0 Å². The Labute approximate surface area is 97.7 Å². The molecule has 2 aromatic heterocycles. The van der Waals surface area contributed by atoms with Gasteiger partial charge in [-0.05, 0) is 30.4 Å². The molecular weight excluding hydrogens is 224 g/mol. The predicted octanol–water partition coefficient (Wildman–Crippen LogP) is 1.64. The molecule has 0 saturated heterocycles. The smallest absolute Gasteiger partial charge is 0.282 e. The van der Waals surface area contributed by atoms with Gasteiger partial charge in [0.1, 0.15) is 5.03 Å². The number of pyridine rings is 1. The van der Waals surface area contributed by atoms with E-state index in [-0.39, 0.29) is 0 Å². The van der Waals surface area contributed by atoms with Crippen LogP contribution in [-0.2, 0) is 6.54 Å². The fraction of sp³-hybridized carbons (Fsp3) is 0.300. The third-order valence-electron chi connectivity index (χ3n) is 1.88. The van der Waals surface area contributed by atoms with Gasteiger partial charge in [-0.2, -0.15) is 0 Å². The Morgan fingerprint density at radius 1 is 1.38 bits per heavy atom. The minimum absolute atomic E-state index is 0.520. The van der Waals surface area contributed by atoms with E-state index in [4.69, 9.17) is 4.42 Å². The van der Waals surface area contributed by atoms with E-state index in [1.165, 1.54) is 11.8 Å². The molecular formula is C10H12N4OS. The lowest BCUT2D eigenvalue weighted by Crippen LogP contribution is -2.04. The summed E-state index contributed by atoms with van der Waals surface area (Å²) in [6.07, 6.45) is 1.84. The SMILES string of the molecule is CNCc1ccc(Sc2nnc(C)o2)nc1. The van der Waals surface area contributed by atoms with E-state index in [2.05, 4.69) is 20.5 Å². The van der Waals surface area contributed by atoms with E-state index in [9.17, 15) is 0 Å². The lowest BCUT2D eigenvalue weighted by molar-refractivity contribution is 0.429. The van der Waals surface area contributed by atoms with E-state index in [1.54, 1.807) is 6.92 Å². The number of hydrogen-bond acceptors (Lipinski definition) is 6. The Balaban J connectivity index is 2.05. The van der Waals surface area contributed by atoms with Crippen LogP contribution in [0.5, 0.6) is 0 Å². The first-order valence-electron chi connectivity index (χ1n) is 4.85. The van der Waals surface area contributed by atoms with Gasteiger partial charge in [-0.1, -0.05) is 6.07 Å². The lowest BCUT2D eigenvalue weighted by atomic mass is 10.3. The second-order valence-electron chi connectivity index (χ2n) is 3.22. The lowest BCUT2D eigenvalue weighted by Gasteiger charge is -2.00. The largest absolute Gasteiger partial charge is 0.416 e. The number of nitrogens with one attached hydrogen (secondary N) is 1. The molecule has 0 aliphatic heterocycles. The van der Waals surface area contributed by atoms with Crippen LogP contribution in [0.1, 0.15) is 11.5 Å². The molecule has 0 amide bonds. The quantitative estimate of drug-likeness (QED) is 0.870. The maximum atomic E-state index is 5.25. The van der Waals surface area contributed by atoms with Gasteiger partial charge in [0, 0.05) is 19.7 Å². The van der Waals surface area contributed by atoms with Gasteiger partial charge in [0.25, 0.3) is 5.22 Å². The van der Waals surface area contributed by atoms with Crippen LogP contribution >= 0.6 is 11.8 Å². The average molecular weight is 236 g/mol. The number of aromatic nitrogens is 3. The Hall–Kier alpha value is -1.40. The highest BCUT2D eigenvalue weighted by molar-refractivity contribution is 7.99. The van der Waals surface area contributed by atoms with Crippen LogP contribution in [0.15, 0.2) is 33.0 Å². The monoisotopic (exact) mass is 236 g/mol. The summed E-state index contributed by atoms with van der Waals surface area (Å²) in [6, 6.07) is 3.96. The van der Waals surface area contributed by atoms with Crippen molar-refractivity contribution in [3.63, 3.8) is 0 Å². The first kappa shape index (κ1) is 11.1. The number of nitrogens with zero attached hydrogens (tertiary/aromatic N) is 3. The predicted molar refractivity (Wildman–Crippen MR) is 60.2 cm³/mol. The van der Waals surface area contributed by atoms with Crippen LogP contribution in [0.4, 0.5) is 0 Å².